The molecule has 0 aliphatic carbocycles. The Bertz CT molecular complexity index is 661. The number of hydrogen-bond donors (Lipinski definition) is 0. The second kappa shape index (κ2) is 10.0. The summed E-state index contributed by atoms with van der Waals surface area (Å²) in [6.45, 7) is 0. The van der Waals surface area contributed by atoms with E-state index in [9.17, 15) is 10.1 Å². The van der Waals surface area contributed by atoms with Gasteiger partial charge in [-0.1, -0.05) is 34.7 Å². The van der Waals surface area contributed by atoms with Crippen LogP contribution in [-0.2, 0) is 11.5 Å². The zero-order valence-electron chi connectivity index (χ0n) is 13.9. The van der Waals surface area contributed by atoms with Crippen molar-refractivity contribution in [1.29, 1.82) is 0 Å². The minimum atomic E-state index is -0.530. The molecule has 2 aromatic rings. The standard InChI is InChI=1S/C18H18NO4S2/c1-22-16-7-3-14(4-8-16)12-24-18(11-19(20)21)25-13-15-5-9-17(23-2)10-6-15/h3-10H,12-13H2,1-2H3/q-1. The fraction of sp³-hybridized carbons (Fsp3) is 0.222. The molecule has 0 N–H and O–H groups in total. The molecule has 2 aromatic carbocycles. The molecule has 0 aromatic heterocycles. The highest BCUT2D eigenvalue weighted by atomic mass is 32.2. The van der Waals surface area contributed by atoms with Gasteiger partial charge in [0.25, 0.3) is 0 Å². The van der Waals surface area contributed by atoms with Crippen molar-refractivity contribution in [2.75, 3.05) is 14.2 Å². The second-order valence-electron chi connectivity index (χ2n) is 4.93. The minimum Gasteiger partial charge on any atom is -0.497 e. The van der Waals surface area contributed by atoms with Gasteiger partial charge in [0.05, 0.1) is 14.2 Å². The maximum absolute atomic E-state index is 10.8. The number of benzene rings is 2. The lowest BCUT2D eigenvalue weighted by atomic mass is 10.2. The Hall–Kier alpha value is -2.12. The van der Waals surface area contributed by atoms with Gasteiger partial charge in [-0.25, -0.2) is 0 Å². The molecule has 2 rings (SSSR count). The zero-order valence-corrected chi connectivity index (χ0v) is 15.6. The molecule has 0 saturated carbocycles. The van der Waals surface area contributed by atoms with Crippen LogP contribution in [0.5, 0.6) is 11.5 Å². The van der Waals surface area contributed by atoms with Crippen LogP contribution in [0, 0.1) is 16.3 Å². The van der Waals surface area contributed by atoms with Crippen LogP contribution >= 0.6 is 23.5 Å². The van der Waals surface area contributed by atoms with Crippen LogP contribution in [0.1, 0.15) is 11.1 Å². The van der Waals surface area contributed by atoms with Crippen LogP contribution < -0.4 is 9.47 Å². The third kappa shape index (κ3) is 6.72. The molecule has 0 amide bonds. The summed E-state index contributed by atoms with van der Waals surface area (Å²) in [4.78, 5) is 10.3. The molecule has 0 atom stereocenters. The van der Waals surface area contributed by atoms with Crippen molar-refractivity contribution < 1.29 is 14.4 Å². The first-order valence-electron chi connectivity index (χ1n) is 7.40. The highest BCUT2D eigenvalue weighted by Crippen LogP contribution is 2.33. The van der Waals surface area contributed by atoms with Crippen molar-refractivity contribution in [2.45, 2.75) is 11.5 Å². The molecule has 0 spiro atoms. The van der Waals surface area contributed by atoms with Crippen molar-refractivity contribution >= 4 is 23.5 Å². The lowest BCUT2D eigenvalue weighted by molar-refractivity contribution is -0.419. The summed E-state index contributed by atoms with van der Waals surface area (Å²) in [6, 6.07) is 15.3. The number of rotatable bonds is 9. The summed E-state index contributed by atoms with van der Waals surface area (Å²) in [7, 11) is 3.24. The third-order valence-corrected chi connectivity index (χ3v) is 5.61. The topological polar surface area (TPSA) is 61.6 Å². The summed E-state index contributed by atoms with van der Waals surface area (Å²) >= 11 is 2.81. The van der Waals surface area contributed by atoms with Gasteiger partial charge in [-0.05, 0) is 35.4 Å². The summed E-state index contributed by atoms with van der Waals surface area (Å²) in [5, 5.41) is 10.8. The maximum Gasteiger partial charge on any atom is 0.118 e. The van der Waals surface area contributed by atoms with Crippen LogP contribution in [0.25, 0.3) is 0 Å². The molecule has 0 radical (unpaired) electrons. The van der Waals surface area contributed by atoms with E-state index in [1.54, 1.807) is 14.2 Å². The predicted octanol–water partition coefficient (Wildman–Crippen LogP) is 4.75. The molecule has 0 aliphatic rings. The van der Waals surface area contributed by atoms with E-state index in [1.807, 2.05) is 48.5 Å². The second-order valence-corrected chi connectivity index (χ2v) is 7.16. The molecule has 0 fully saturated rings. The number of hydrogen-bond acceptors (Lipinski definition) is 6. The summed E-state index contributed by atoms with van der Waals surface area (Å²) in [5.41, 5.74) is 2.14. The monoisotopic (exact) mass is 376 g/mol. The van der Waals surface area contributed by atoms with Gasteiger partial charge in [0.15, 0.2) is 0 Å². The smallest absolute Gasteiger partial charge is 0.118 e. The van der Waals surface area contributed by atoms with E-state index in [1.165, 1.54) is 23.5 Å². The van der Waals surface area contributed by atoms with Gasteiger partial charge in [0, 0.05) is 11.5 Å². The number of nitro groups is 1. The van der Waals surface area contributed by atoms with Gasteiger partial charge in [-0.3, -0.25) is 10.1 Å². The van der Waals surface area contributed by atoms with E-state index >= 15 is 0 Å². The van der Waals surface area contributed by atoms with Crippen LogP contribution in [0.15, 0.2) is 52.8 Å². The molecule has 0 unspecified atom stereocenters. The number of ether oxygens (including phenoxy) is 2. The molecule has 132 valence electrons. The highest BCUT2D eigenvalue weighted by molar-refractivity contribution is 8.21. The Morgan fingerprint density at radius 1 is 0.920 bits per heavy atom. The number of nitrogens with zero attached hydrogens (tertiary/aromatic N) is 1. The largest absolute Gasteiger partial charge is 0.497 e. The molecule has 0 bridgehead atoms. The van der Waals surface area contributed by atoms with Crippen LogP contribution in [-0.4, -0.2) is 19.1 Å². The first kappa shape index (κ1) is 19.2. The van der Waals surface area contributed by atoms with Gasteiger partial charge < -0.3 is 9.47 Å². The summed E-state index contributed by atoms with van der Waals surface area (Å²) in [6.07, 6.45) is 2.28. The Morgan fingerprint density at radius 3 is 1.64 bits per heavy atom. The van der Waals surface area contributed by atoms with Crippen LogP contribution in [0.3, 0.4) is 0 Å². The van der Waals surface area contributed by atoms with E-state index in [0.717, 1.165) is 22.6 Å². The molecule has 0 saturated heterocycles. The van der Waals surface area contributed by atoms with Crippen molar-refractivity contribution in [2.24, 2.45) is 0 Å². The fourth-order valence-electron chi connectivity index (χ4n) is 1.92. The van der Waals surface area contributed by atoms with E-state index in [4.69, 9.17) is 9.47 Å². The Balaban J connectivity index is 1.94. The lowest BCUT2D eigenvalue weighted by Gasteiger charge is -2.13. The van der Waals surface area contributed by atoms with Gasteiger partial charge in [0.1, 0.15) is 11.5 Å². The fourth-order valence-corrected chi connectivity index (χ4v) is 3.87. The van der Waals surface area contributed by atoms with Crippen LogP contribution in [0.4, 0.5) is 0 Å². The molecule has 25 heavy (non-hydrogen) atoms. The van der Waals surface area contributed by atoms with Crippen molar-refractivity contribution in [3.63, 3.8) is 0 Å². The highest BCUT2D eigenvalue weighted by Gasteiger charge is 2.01. The van der Waals surface area contributed by atoms with E-state index in [-0.39, 0.29) is 0 Å². The average molecular weight is 376 g/mol. The average Bonchev–Trinajstić information content (AvgIpc) is 2.64. The Kier molecular flexibility index (Phi) is 7.69. The first-order valence-corrected chi connectivity index (χ1v) is 9.37. The van der Waals surface area contributed by atoms with Crippen molar-refractivity contribution in [1.82, 2.24) is 0 Å². The Morgan fingerprint density at radius 2 is 1.32 bits per heavy atom. The minimum absolute atomic E-state index is 0.530. The van der Waals surface area contributed by atoms with E-state index in [2.05, 4.69) is 6.20 Å². The van der Waals surface area contributed by atoms with E-state index in [0.29, 0.717) is 15.7 Å². The molecular weight excluding hydrogens is 358 g/mol. The Labute approximate surface area is 155 Å². The predicted molar refractivity (Wildman–Crippen MR) is 102 cm³/mol. The lowest BCUT2D eigenvalue weighted by Crippen LogP contribution is -1.90. The molecule has 0 heterocycles. The maximum atomic E-state index is 10.8. The van der Waals surface area contributed by atoms with Crippen molar-refractivity contribution in [3.05, 3.63) is 80.2 Å². The molecule has 5 nitrogen and oxygen atoms in total. The third-order valence-electron chi connectivity index (χ3n) is 3.24. The molecular formula is C18H18NO4S2-. The zero-order chi connectivity index (χ0) is 18.1. The SMILES string of the molecule is COc1ccc(CSC(=[C-][N+](=O)[O-])SCc2ccc(OC)cc2)cc1. The first-order chi connectivity index (χ1) is 12.1. The quantitative estimate of drug-likeness (QED) is 0.272. The van der Waals surface area contributed by atoms with Crippen molar-refractivity contribution in [3.8, 4) is 11.5 Å². The number of thioether (sulfide) groups is 2. The van der Waals surface area contributed by atoms with Gasteiger partial charge in [-0.2, -0.15) is 0 Å². The number of methoxy groups -OCH3 is 2. The van der Waals surface area contributed by atoms with Gasteiger partial charge in [-0.15, -0.1) is 28.4 Å². The normalized spacial score (nSPS) is 10.2. The summed E-state index contributed by atoms with van der Waals surface area (Å²) in [5.74, 6) is 2.84. The summed E-state index contributed by atoms with van der Waals surface area (Å²) < 4.78 is 10.8. The van der Waals surface area contributed by atoms with Gasteiger partial charge in [0.2, 0.25) is 0 Å². The molecule has 7 heteroatoms. The molecule has 0 aliphatic heterocycles. The van der Waals surface area contributed by atoms with Crippen LogP contribution in [0.2, 0.25) is 0 Å². The van der Waals surface area contributed by atoms with E-state index < -0.39 is 4.92 Å². The van der Waals surface area contributed by atoms with Gasteiger partial charge >= 0.3 is 0 Å².